The van der Waals surface area contributed by atoms with Gasteiger partial charge < -0.3 is 19.9 Å². The van der Waals surface area contributed by atoms with Crippen molar-refractivity contribution in [2.75, 3.05) is 52.8 Å². The Balaban J connectivity index is 1.45. The molecule has 2 N–H and O–H groups in total. The minimum atomic E-state index is -0.201. The number of hydrogen-bond donors (Lipinski definition) is 1. The van der Waals surface area contributed by atoms with E-state index in [0.29, 0.717) is 56.6 Å². The normalized spacial score (nSPS) is 14.1. The number of anilines is 1. The van der Waals surface area contributed by atoms with Crippen LogP contribution in [0.25, 0.3) is 11.5 Å². The third-order valence-electron chi connectivity index (χ3n) is 6.66. The molecule has 1 fully saturated rings. The predicted molar refractivity (Wildman–Crippen MR) is 144 cm³/mol. The van der Waals surface area contributed by atoms with Crippen LogP contribution in [0.1, 0.15) is 11.1 Å². The lowest BCUT2D eigenvalue weighted by atomic mass is 10.2. The van der Waals surface area contributed by atoms with Crippen molar-refractivity contribution in [2.45, 2.75) is 19.6 Å². The molecule has 0 bridgehead atoms. The van der Waals surface area contributed by atoms with E-state index >= 15 is 0 Å². The van der Waals surface area contributed by atoms with E-state index in [4.69, 9.17) is 30.1 Å². The molecular weight excluding hydrogens is 486 g/mol. The van der Waals surface area contributed by atoms with Crippen LogP contribution in [0.15, 0.2) is 59.5 Å². The Kier molecular flexibility index (Phi) is 7.75. The van der Waals surface area contributed by atoms with Crippen molar-refractivity contribution in [3.8, 4) is 23.0 Å². The zero-order valence-electron chi connectivity index (χ0n) is 21.7. The molecule has 0 atom stereocenters. The fraction of sp³-hybridized carbons (Fsp3) is 0.370. The summed E-state index contributed by atoms with van der Waals surface area (Å²) in [5.74, 6) is 1.99. The highest BCUT2D eigenvalue weighted by Crippen LogP contribution is 2.23. The molecule has 0 aliphatic carbocycles. The van der Waals surface area contributed by atoms with E-state index < -0.39 is 0 Å². The number of aromatic nitrogens is 5. The van der Waals surface area contributed by atoms with E-state index in [1.165, 1.54) is 4.68 Å². The molecule has 1 saturated heterocycles. The Labute approximate surface area is 220 Å². The fourth-order valence-electron chi connectivity index (χ4n) is 4.49. The summed E-state index contributed by atoms with van der Waals surface area (Å²) in [6, 6.07) is 15.4. The first-order valence-corrected chi connectivity index (χ1v) is 12.6. The fourth-order valence-corrected chi connectivity index (χ4v) is 4.49. The van der Waals surface area contributed by atoms with Crippen LogP contribution in [0.3, 0.4) is 0 Å². The lowest BCUT2D eigenvalue weighted by Crippen LogP contribution is -2.39. The van der Waals surface area contributed by atoms with Crippen molar-refractivity contribution in [1.29, 1.82) is 0 Å². The number of nitrogens with zero attached hydrogens (tertiary/aromatic N) is 6. The SMILES string of the molecule is COc1ccc(Cn2cc(N)c(-c3nn(CCN4CCOCC4)c(=O)n3Cc3ccc(OC)cc3)n2)cc1. The molecule has 2 aromatic heterocycles. The molecule has 11 heteroatoms. The van der Waals surface area contributed by atoms with Crippen molar-refractivity contribution >= 4 is 5.69 Å². The lowest BCUT2D eigenvalue weighted by molar-refractivity contribution is 0.0358. The molecule has 0 amide bonds. The third-order valence-corrected chi connectivity index (χ3v) is 6.66. The maximum atomic E-state index is 13.5. The van der Waals surface area contributed by atoms with Gasteiger partial charge in [-0.15, -0.1) is 5.10 Å². The molecule has 38 heavy (non-hydrogen) atoms. The smallest absolute Gasteiger partial charge is 0.346 e. The summed E-state index contributed by atoms with van der Waals surface area (Å²) in [5, 5.41) is 9.44. The number of nitrogens with two attached hydrogens (primary N) is 1. The highest BCUT2D eigenvalue weighted by atomic mass is 16.5. The molecule has 4 aromatic rings. The first kappa shape index (κ1) is 25.6. The van der Waals surface area contributed by atoms with Gasteiger partial charge in [0.2, 0.25) is 0 Å². The first-order chi connectivity index (χ1) is 18.5. The lowest BCUT2D eigenvalue weighted by Gasteiger charge is -2.26. The number of benzene rings is 2. The summed E-state index contributed by atoms with van der Waals surface area (Å²) in [7, 11) is 3.27. The van der Waals surface area contributed by atoms with Crippen molar-refractivity contribution in [3.63, 3.8) is 0 Å². The molecule has 1 aliphatic heterocycles. The van der Waals surface area contributed by atoms with E-state index in [1.807, 2.05) is 48.5 Å². The number of methoxy groups -OCH3 is 2. The Morgan fingerprint density at radius 1 is 0.868 bits per heavy atom. The van der Waals surface area contributed by atoms with Crippen molar-refractivity contribution in [1.82, 2.24) is 29.0 Å². The van der Waals surface area contributed by atoms with Gasteiger partial charge in [-0.05, 0) is 35.4 Å². The molecule has 0 spiro atoms. The standard InChI is InChI=1S/C27H33N7O4/c1-36-22-7-3-20(4-8-22)17-32-19-24(28)25(29-32)26-30-34(12-11-31-13-15-38-16-14-31)27(35)33(26)18-21-5-9-23(37-2)10-6-21/h3-10,19H,11-18,28H2,1-2H3. The van der Waals surface area contributed by atoms with Crippen LogP contribution in [0.4, 0.5) is 5.69 Å². The van der Waals surface area contributed by atoms with Crippen molar-refractivity contribution in [2.24, 2.45) is 0 Å². The van der Waals surface area contributed by atoms with E-state index in [9.17, 15) is 4.79 Å². The third kappa shape index (κ3) is 5.74. The van der Waals surface area contributed by atoms with Crippen LogP contribution in [0, 0.1) is 0 Å². The Bertz CT molecular complexity index is 1400. The predicted octanol–water partition coefficient (Wildman–Crippen LogP) is 1.94. The first-order valence-electron chi connectivity index (χ1n) is 12.6. The second kappa shape index (κ2) is 11.5. The van der Waals surface area contributed by atoms with Crippen LogP contribution in [-0.2, 0) is 24.4 Å². The van der Waals surface area contributed by atoms with Crippen LogP contribution < -0.4 is 20.9 Å². The summed E-state index contributed by atoms with van der Waals surface area (Å²) in [5.41, 5.74) is 9.15. The molecular formula is C27H33N7O4. The molecule has 0 radical (unpaired) electrons. The van der Waals surface area contributed by atoms with Gasteiger partial charge in [-0.1, -0.05) is 24.3 Å². The number of nitrogen functional groups attached to an aromatic ring is 1. The largest absolute Gasteiger partial charge is 0.497 e. The number of rotatable bonds is 10. The van der Waals surface area contributed by atoms with Crippen molar-refractivity contribution < 1.29 is 14.2 Å². The van der Waals surface area contributed by atoms with Gasteiger partial charge in [-0.3, -0.25) is 14.1 Å². The average molecular weight is 520 g/mol. The van der Waals surface area contributed by atoms with E-state index in [2.05, 4.69) is 4.90 Å². The maximum Gasteiger partial charge on any atom is 0.346 e. The topological polar surface area (TPSA) is 115 Å². The highest BCUT2D eigenvalue weighted by Gasteiger charge is 2.21. The van der Waals surface area contributed by atoms with Crippen LogP contribution in [0.5, 0.6) is 11.5 Å². The average Bonchev–Trinajstić information content (AvgIpc) is 3.47. The summed E-state index contributed by atoms with van der Waals surface area (Å²) < 4.78 is 20.9. The highest BCUT2D eigenvalue weighted by molar-refractivity contribution is 5.66. The van der Waals surface area contributed by atoms with Crippen LogP contribution in [-0.4, -0.2) is 76.1 Å². The monoisotopic (exact) mass is 519 g/mol. The summed E-state index contributed by atoms with van der Waals surface area (Å²) in [4.78, 5) is 15.8. The minimum absolute atomic E-state index is 0.201. The van der Waals surface area contributed by atoms with Gasteiger partial charge in [0.05, 0.1) is 52.8 Å². The Hall–Kier alpha value is -4.09. The zero-order chi connectivity index (χ0) is 26.5. The van der Waals surface area contributed by atoms with Gasteiger partial charge in [0.25, 0.3) is 0 Å². The Morgan fingerprint density at radius 3 is 2.08 bits per heavy atom. The van der Waals surface area contributed by atoms with Gasteiger partial charge in [0, 0.05) is 25.8 Å². The number of ether oxygens (including phenoxy) is 3. The molecule has 0 unspecified atom stereocenters. The van der Waals surface area contributed by atoms with Gasteiger partial charge in [-0.25, -0.2) is 9.48 Å². The van der Waals surface area contributed by atoms with Crippen molar-refractivity contribution in [3.05, 3.63) is 76.3 Å². The zero-order valence-corrected chi connectivity index (χ0v) is 21.7. The molecule has 200 valence electrons. The Morgan fingerprint density at radius 2 is 1.47 bits per heavy atom. The molecule has 3 heterocycles. The molecule has 5 rings (SSSR count). The number of hydrogen-bond acceptors (Lipinski definition) is 8. The van der Waals surface area contributed by atoms with Gasteiger partial charge in [-0.2, -0.15) is 5.10 Å². The summed E-state index contributed by atoms with van der Waals surface area (Å²) >= 11 is 0. The summed E-state index contributed by atoms with van der Waals surface area (Å²) in [6.07, 6.45) is 1.77. The van der Waals surface area contributed by atoms with Gasteiger partial charge in [0.15, 0.2) is 11.5 Å². The number of morpholine rings is 1. The second-order valence-electron chi connectivity index (χ2n) is 9.20. The summed E-state index contributed by atoms with van der Waals surface area (Å²) in [6.45, 7) is 5.13. The van der Waals surface area contributed by atoms with E-state index in [-0.39, 0.29) is 5.69 Å². The van der Waals surface area contributed by atoms with Gasteiger partial charge >= 0.3 is 5.69 Å². The van der Waals surface area contributed by atoms with Crippen LogP contribution >= 0.6 is 0 Å². The van der Waals surface area contributed by atoms with E-state index in [0.717, 1.165) is 35.7 Å². The second-order valence-corrected chi connectivity index (χ2v) is 9.20. The molecule has 0 saturated carbocycles. The van der Waals surface area contributed by atoms with Crippen LogP contribution in [0.2, 0.25) is 0 Å². The molecule has 2 aromatic carbocycles. The van der Waals surface area contributed by atoms with E-state index in [1.54, 1.807) is 29.7 Å². The molecule has 11 nitrogen and oxygen atoms in total. The molecule has 1 aliphatic rings. The quantitative estimate of drug-likeness (QED) is 0.338. The van der Waals surface area contributed by atoms with Gasteiger partial charge in [0.1, 0.15) is 11.5 Å². The maximum absolute atomic E-state index is 13.5. The minimum Gasteiger partial charge on any atom is -0.497 e.